The highest BCUT2D eigenvalue weighted by atomic mass is 16.4. The molecule has 0 heterocycles. The van der Waals surface area contributed by atoms with Crippen molar-refractivity contribution in [3.63, 3.8) is 0 Å². The third-order valence-electron chi connectivity index (χ3n) is 3.84. The molecular weight excluding hydrogens is 268 g/mol. The van der Waals surface area contributed by atoms with Gasteiger partial charge in [-0.05, 0) is 31.9 Å². The number of anilines is 1. The minimum atomic E-state index is -0.823. The highest BCUT2D eigenvalue weighted by Crippen LogP contribution is 2.29. The number of aliphatic carboxylic acids is 1. The van der Waals surface area contributed by atoms with Gasteiger partial charge in [0.15, 0.2) is 0 Å². The van der Waals surface area contributed by atoms with Crippen molar-refractivity contribution in [2.45, 2.75) is 38.8 Å². The number of carboxylic acids is 1. The molecule has 1 saturated carbocycles. The van der Waals surface area contributed by atoms with Crippen LogP contribution in [0.25, 0.3) is 0 Å². The number of nitrogens with one attached hydrogen (secondary N) is 1. The maximum atomic E-state index is 12.3. The Morgan fingerprint density at radius 3 is 2.43 bits per heavy atom. The van der Waals surface area contributed by atoms with E-state index in [0.29, 0.717) is 12.6 Å². The molecule has 0 aliphatic heterocycles. The molecule has 1 amide bonds. The van der Waals surface area contributed by atoms with E-state index in [0.717, 1.165) is 18.5 Å². The summed E-state index contributed by atoms with van der Waals surface area (Å²) in [4.78, 5) is 25.4. The molecule has 1 fully saturated rings. The fraction of sp³-hybridized carbons (Fsp3) is 0.500. The molecule has 21 heavy (non-hydrogen) atoms. The standard InChI is InChI=1S/C16H22N2O3/c1-11(16(20)21)10-18(14-8-9-14)12(2)15(19)17-13-6-4-3-5-7-13/h3-7,11-12,14H,8-10H2,1-2H3,(H,17,19)(H,20,21). The Balaban J connectivity index is 1.99. The van der Waals surface area contributed by atoms with E-state index in [-0.39, 0.29) is 11.9 Å². The molecule has 2 rings (SSSR count). The Morgan fingerprint density at radius 2 is 1.90 bits per heavy atom. The summed E-state index contributed by atoms with van der Waals surface area (Å²) in [5, 5.41) is 11.9. The van der Waals surface area contributed by atoms with E-state index in [1.54, 1.807) is 6.92 Å². The van der Waals surface area contributed by atoms with Gasteiger partial charge in [0.2, 0.25) is 5.91 Å². The van der Waals surface area contributed by atoms with Crippen LogP contribution in [0.1, 0.15) is 26.7 Å². The first-order chi connectivity index (χ1) is 9.99. The molecule has 1 aromatic rings. The van der Waals surface area contributed by atoms with Gasteiger partial charge in [-0.3, -0.25) is 14.5 Å². The molecule has 0 spiro atoms. The van der Waals surface area contributed by atoms with Crippen LogP contribution in [-0.4, -0.2) is 40.5 Å². The van der Waals surface area contributed by atoms with Crippen molar-refractivity contribution in [1.29, 1.82) is 0 Å². The molecule has 0 radical (unpaired) electrons. The topological polar surface area (TPSA) is 69.6 Å². The Bertz CT molecular complexity index is 500. The maximum absolute atomic E-state index is 12.3. The Hall–Kier alpha value is -1.88. The van der Waals surface area contributed by atoms with Crippen LogP contribution < -0.4 is 5.32 Å². The summed E-state index contributed by atoms with van der Waals surface area (Å²) in [5.41, 5.74) is 0.761. The van der Waals surface area contributed by atoms with Crippen LogP contribution in [0.4, 0.5) is 5.69 Å². The lowest BCUT2D eigenvalue weighted by Gasteiger charge is -2.29. The number of hydrogen-bond donors (Lipinski definition) is 2. The summed E-state index contributed by atoms with van der Waals surface area (Å²) in [5.74, 6) is -1.39. The van der Waals surface area contributed by atoms with E-state index in [1.807, 2.05) is 42.2 Å². The van der Waals surface area contributed by atoms with Crippen molar-refractivity contribution < 1.29 is 14.7 Å². The molecule has 2 atom stereocenters. The first kappa shape index (κ1) is 15.5. The van der Waals surface area contributed by atoms with Crippen molar-refractivity contribution in [3.8, 4) is 0 Å². The first-order valence-corrected chi connectivity index (χ1v) is 7.33. The summed E-state index contributed by atoms with van der Waals surface area (Å²) in [6.07, 6.45) is 2.07. The van der Waals surface area contributed by atoms with Gasteiger partial charge in [0, 0.05) is 18.3 Å². The van der Waals surface area contributed by atoms with Gasteiger partial charge in [0.05, 0.1) is 12.0 Å². The number of amides is 1. The van der Waals surface area contributed by atoms with E-state index in [2.05, 4.69) is 5.32 Å². The van der Waals surface area contributed by atoms with Crippen molar-refractivity contribution in [1.82, 2.24) is 4.90 Å². The van der Waals surface area contributed by atoms with Crippen LogP contribution in [0, 0.1) is 5.92 Å². The number of rotatable bonds is 7. The number of nitrogens with zero attached hydrogens (tertiary/aromatic N) is 1. The van der Waals surface area contributed by atoms with Gasteiger partial charge in [-0.15, -0.1) is 0 Å². The molecule has 0 aromatic heterocycles. The summed E-state index contributed by atoms with van der Waals surface area (Å²) in [7, 11) is 0. The highest BCUT2D eigenvalue weighted by molar-refractivity contribution is 5.94. The van der Waals surface area contributed by atoms with Gasteiger partial charge < -0.3 is 10.4 Å². The van der Waals surface area contributed by atoms with Crippen molar-refractivity contribution in [2.24, 2.45) is 5.92 Å². The average molecular weight is 290 g/mol. The monoisotopic (exact) mass is 290 g/mol. The molecule has 0 bridgehead atoms. The average Bonchev–Trinajstić information content (AvgIpc) is 3.29. The second-order valence-electron chi connectivity index (χ2n) is 5.70. The number of benzene rings is 1. The van der Waals surface area contributed by atoms with Crippen molar-refractivity contribution in [2.75, 3.05) is 11.9 Å². The Kier molecular flexibility index (Phi) is 4.96. The number of para-hydroxylation sites is 1. The van der Waals surface area contributed by atoms with Crippen LogP contribution in [0.2, 0.25) is 0 Å². The molecule has 1 aliphatic carbocycles. The van der Waals surface area contributed by atoms with Crippen molar-refractivity contribution >= 4 is 17.6 Å². The lowest BCUT2D eigenvalue weighted by Crippen LogP contribution is -2.46. The van der Waals surface area contributed by atoms with E-state index < -0.39 is 11.9 Å². The smallest absolute Gasteiger partial charge is 0.307 e. The molecule has 1 aromatic carbocycles. The van der Waals surface area contributed by atoms with Gasteiger partial charge >= 0.3 is 5.97 Å². The zero-order valence-corrected chi connectivity index (χ0v) is 12.5. The summed E-state index contributed by atoms with van der Waals surface area (Å²) < 4.78 is 0. The van der Waals surface area contributed by atoms with E-state index in [9.17, 15) is 9.59 Å². The first-order valence-electron chi connectivity index (χ1n) is 7.33. The number of carbonyl (C=O) groups is 2. The summed E-state index contributed by atoms with van der Waals surface area (Å²) >= 11 is 0. The molecule has 114 valence electrons. The van der Waals surface area contributed by atoms with Crippen LogP contribution >= 0.6 is 0 Å². The molecule has 5 heteroatoms. The minimum Gasteiger partial charge on any atom is -0.481 e. The summed E-state index contributed by atoms with van der Waals surface area (Å²) in [6.45, 7) is 3.92. The van der Waals surface area contributed by atoms with Crippen molar-refractivity contribution in [3.05, 3.63) is 30.3 Å². The lowest BCUT2D eigenvalue weighted by molar-refractivity contribution is -0.142. The second-order valence-corrected chi connectivity index (χ2v) is 5.70. The molecule has 0 saturated heterocycles. The maximum Gasteiger partial charge on any atom is 0.307 e. The Morgan fingerprint density at radius 1 is 1.29 bits per heavy atom. The SMILES string of the molecule is CC(CN(C1CC1)C(C)C(=O)Nc1ccccc1)C(=O)O. The van der Waals surface area contributed by atoms with Gasteiger partial charge in [-0.1, -0.05) is 25.1 Å². The van der Waals surface area contributed by atoms with Gasteiger partial charge in [0.25, 0.3) is 0 Å². The molecule has 2 unspecified atom stereocenters. The minimum absolute atomic E-state index is 0.0920. The highest BCUT2D eigenvalue weighted by Gasteiger charge is 2.36. The molecular formula is C16H22N2O3. The van der Waals surface area contributed by atoms with E-state index >= 15 is 0 Å². The van der Waals surface area contributed by atoms with E-state index in [1.165, 1.54) is 0 Å². The lowest BCUT2D eigenvalue weighted by atomic mass is 10.1. The zero-order valence-electron chi connectivity index (χ0n) is 12.5. The predicted octanol–water partition coefficient (Wildman–Crippen LogP) is 2.20. The van der Waals surface area contributed by atoms with Gasteiger partial charge in [0.1, 0.15) is 0 Å². The van der Waals surface area contributed by atoms with Crippen LogP contribution in [0.15, 0.2) is 30.3 Å². The second kappa shape index (κ2) is 6.72. The fourth-order valence-corrected chi connectivity index (χ4v) is 2.34. The van der Waals surface area contributed by atoms with Crippen LogP contribution in [0.3, 0.4) is 0 Å². The largest absolute Gasteiger partial charge is 0.481 e. The molecule has 2 N–H and O–H groups in total. The predicted molar refractivity (Wildman–Crippen MR) is 81.1 cm³/mol. The van der Waals surface area contributed by atoms with Crippen LogP contribution in [-0.2, 0) is 9.59 Å². The Labute approximate surface area is 125 Å². The molecule has 5 nitrogen and oxygen atoms in total. The van der Waals surface area contributed by atoms with E-state index in [4.69, 9.17) is 5.11 Å². The van der Waals surface area contributed by atoms with Gasteiger partial charge in [-0.25, -0.2) is 0 Å². The third-order valence-corrected chi connectivity index (χ3v) is 3.84. The number of carboxylic acid groups (broad SMARTS) is 1. The van der Waals surface area contributed by atoms with Gasteiger partial charge in [-0.2, -0.15) is 0 Å². The normalized spacial score (nSPS) is 17.3. The fourth-order valence-electron chi connectivity index (χ4n) is 2.34. The summed E-state index contributed by atoms with van der Waals surface area (Å²) in [6, 6.07) is 9.31. The third kappa shape index (κ3) is 4.29. The molecule has 1 aliphatic rings. The number of carbonyl (C=O) groups excluding carboxylic acids is 1. The number of hydrogen-bond acceptors (Lipinski definition) is 3. The zero-order chi connectivity index (χ0) is 15.4. The quantitative estimate of drug-likeness (QED) is 0.807. The van der Waals surface area contributed by atoms with Crippen LogP contribution in [0.5, 0.6) is 0 Å².